The van der Waals surface area contributed by atoms with Crippen molar-refractivity contribution in [3.8, 4) is 0 Å². The summed E-state index contributed by atoms with van der Waals surface area (Å²) in [7, 11) is 3.11. The van der Waals surface area contributed by atoms with E-state index in [2.05, 4.69) is 16.0 Å². The average Bonchev–Trinajstić information content (AvgIpc) is 2.87. The average molecular weight is 537 g/mol. The molecule has 38 heavy (non-hydrogen) atoms. The number of ether oxygens (including phenoxy) is 1. The van der Waals surface area contributed by atoms with E-state index in [1.54, 1.807) is 40.1 Å². The molecule has 0 aromatic heterocycles. The molecule has 3 N–H and O–H groups in total. The van der Waals surface area contributed by atoms with Crippen LogP contribution in [0, 0.1) is 11.8 Å². The van der Waals surface area contributed by atoms with Crippen molar-refractivity contribution in [3.05, 3.63) is 35.9 Å². The highest BCUT2D eigenvalue weighted by molar-refractivity contribution is 5.94. The number of carbonyl (C=O) groups is 5. The summed E-state index contributed by atoms with van der Waals surface area (Å²) in [5.41, 5.74) is 0.784. The summed E-state index contributed by atoms with van der Waals surface area (Å²) in [6.45, 7) is 5.90. The number of amides is 4. The second-order valence-electron chi connectivity index (χ2n) is 10.1. The fraction of sp³-hybridized carbons (Fsp3) is 0.593. The molecule has 10 nitrogen and oxygen atoms in total. The van der Waals surface area contributed by atoms with Crippen LogP contribution < -0.4 is 16.0 Å². The Hall–Kier alpha value is -3.50. The second kappa shape index (κ2) is 16.4. The highest BCUT2D eigenvalue weighted by Gasteiger charge is 2.31. The normalized spacial score (nSPS) is 13.3. The second-order valence-corrected chi connectivity index (χ2v) is 10.1. The highest BCUT2D eigenvalue weighted by atomic mass is 19.1. The van der Waals surface area contributed by atoms with E-state index in [9.17, 15) is 28.4 Å². The molecule has 1 unspecified atom stereocenters. The van der Waals surface area contributed by atoms with E-state index in [1.807, 2.05) is 32.0 Å². The Morgan fingerprint density at radius 1 is 0.895 bits per heavy atom. The molecule has 1 rings (SSSR count). The van der Waals surface area contributed by atoms with E-state index in [-0.39, 0.29) is 43.6 Å². The number of rotatable bonds is 15. The summed E-state index contributed by atoms with van der Waals surface area (Å²) in [6, 6.07) is 5.80. The summed E-state index contributed by atoms with van der Waals surface area (Å²) >= 11 is 0. The molecule has 1 aromatic carbocycles. The largest absolute Gasteiger partial charge is 0.445 e. The monoisotopic (exact) mass is 536 g/mol. The minimum atomic E-state index is -1.30. The first-order valence-corrected chi connectivity index (χ1v) is 12.7. The van der Waals surface area contributed by atoms with E-state index >= 15 is 0 Å². The number of halogens is 1. The maximum atomic E-state index is 13.2. The fourth-order valence-corrected chi connectivity index (χ4v) is 3.56. The SMILES string of the molecule is CC(C)C[C@H](NC(=O)[C@@H](NC(=O)OCc1ccccc1)C(C)C)C(=O)NC(CCC(=O)N(C)C)C(=O)CF. The highest BCUT2D eigenvalue weighted by Crippen LogP contribution is 2.10. The molecule has 0 saturated heterocycles. The Labute approximate surface area is 224 Å². The predicted octanol–water partition coefficient (Wildman–Crippen LogP) is 2.36. The number of alkyl carbamates (subject to hydrolysis) is 1. The van der Waals surface area contributed by atoms with Crippen LogP contribution in [0.3, 0.4) is 0 Å². The molecule has 4 amide bonds. The van der Waals surface area contributed by atoms with Gasteiger partial charge in [-0.25, -0.2) is 9.18 Å². The third-order valence-electron chi connectivity index (χ3n) is 5.76. The van der Waals surface area contributed by atoms with Gasteiger partial charge in [0.05, 0.1) is 6.04 Å². The van der Waals surface area contributed by atoms with Gasteiger partial charge in [-0.3, -0.25) is 19.2 Å². The molecule has 0 bridgehead atoms. The van der Waals surface area contributed by atoms with Gasteiger partial charge in [-0.15, -0.1) is 0 Å². The van der Waals surface area contributed by atoms with E-state index in [0.717, 1.165) is 5.56 Å². The van der Waals surface area contributed by atoms with E-state index in [1.165, 1.54) is 4.90 Å². The standard InChI is InChI=1S/C27H41FN4O6/c1-17(2)14-21(25(35)29-20(22(33)15-28)12-13-23(34)32(5)6)30-26(36)24(18(3)4)31-27(37)38-16-19-10-8-7-9-11-19/h7-11,17-18,20-21,24H,12-16H2,1-6H3,(H,29,35)(H,30,36)(H,31,37)/t20?,21-,24-/m0/s1. The van der Waals surface area contributed by atoms with Crippen LogP contribution in [0.5, 0.6) is 0 Å². The van der Waals surface area contributed by atoms with Gasteiger partial charge in [-0.05, 0) is 30.2 Å². The van der Waals surface area contributed by atoms with Crippen molar-refractivity contribution in [2.75, 3.05) is 20.8 Å². The van der Waals surface area contributed by atoms with Crippen LogP contribution >= 0.6 is 0 Å². The van der Waals surface area contributed by atoms with Gasteiger partial charge in [0.15, 0.2) is 5.78 Å². The third kappa shape index (κ3) is 11.7. The molecule has 0 saturated carbocycles. The van der Waals surface area contributed by atoms with Gasteiger partial charge in [0.1, 0.15) is 25.4 Å². The first-order chi connectivity index (χ1) is 17.8. The van der Waals surface area contributed by atoms with Gasteiger partial charge in [0.2, 0.25) is 17.7 Å². The number of alkyl halides is 1. The molecule has 0 fully saturated rings. The van der Waals surface area contributed by atoms with Crippen molar-refractivity contribution >= 4 is 29.6 Å². The third-order valence-corrected chi connectivity index (χ3v) is 5.76. The zero-order valence-corrected chi connectivity index (χ0v) is 23.1. The Balaban J connectivity index is 2.90. The van der Waals surface area contributed by atoms with Crippen LogP contribution in [0.4, 0.5) is 9.18 Å². The fourth-order valence-electron chi connectivity index (χ4n) is 3.56. The summed E-state index contributed by atoms with van der Waals surface area (Å²) in [5, 5.41) is 7.69. The maximum Gasteiger partial charge on any atom is 0.408 e. The molecular weight excluding hydrogens is 495 g/mol. The summed E-state index contributed by atoms with van der Waals surface area (Å²) in [5.74, 6) is -2.76. The Bertz CT molecular complexity index is 939. The van der Waals surface area contributed by atoms with E-state index in [4.69, 9.17) is 4.74 Å². The van der Waals surface area contributed by atoms with E-state index in [0.29, 0.717) is 0 Å². The lowest BCUT2D eigenvalue weighted by atomic mass is 9.99. The van der Waals surface area contributed by atoms with Gasteiger partial charge >= 0.3 is 6.09 Å². The van der Waals surface area contributed by atoms with Crippen molar-refractivity contribution in [1.82, 2.24) is 20.9 Å². The first-order valence-electron chi connectivity index (χ1n) is 12.7. The van der Waals surface area contributed by atoms with Gasteiger partial charge in [-0.1, -0.05) is 58.0 Å². The number of hydrogen-bond donors (Lipinski definition) is 3. The van der Waals surface area contributed by atoms with Crippen LogP contribution in [0.15, 0.2) is 30.3 Å². The Morgan fingerprint density at radius 3 is 2.03 bits per heavy atom. The molecule has 0 aliphatic heterocycles. The molecule has 0 spiro atoms. The maximum absolute atomic E-state index is 13.2. The molecule has 0 heterocycles. The van der Waals surface area contributed by atoms with E-state index < -0.39 is 48.5 Å². The summed E-state index contributed by atoms with van der Waals surface area (Å²) in [6.07, 6.45) is -0.688. The van der Waals surface area contributed by atoms with Crippen LogP contribution in [-0.4, -0.2) is 73.4 Å². The predicted molar refractivity (Wildman–Crippen MR) is 141 cm³/mol. The number of nitrogens with one attached hydrogen (secondary N) is 3. The van der Waals surface area contributed by atoms with Gasteiger partial charge in [0.25, 0.3) is 0 Å². The molecule has 11 heteroatoms. The van der Waals surface area contributed by atoms with Crippen LogP contribution in [0.25, 0.3) is 0 Å². The lowest BCUT2D eigenvalue weighted by Gasteiger charge is -2.27. The minimum Gasteiger partial charge on any atom is -0.445 e. The molecule has 0 aliphatic rings. The molecular formula is C27H41FN4O6. The summed E-state index contributed by atoms with van der Waals surface area (Å²) in [4.78, 5) is 64.0. The van der Waals surface area contributed by atoms with Crippen molar-refractivity contribution in [1.29, 1.82) is 0 Å². The first kappa shape index (κ1) is 32.5. The number of hydrogen-bond acceptors (Lipinski definition) is 6. The van der Waals surface area contributed by atoms with Gasteiger partial charge in [-0.2, -0.15) is 0 Å². The summed E-state index contributed by atoms with van der Waals surface area (Å²) < 4.78 is 18.4. The molecule has 3 atom stereocenters. The lowest BCUT2D eigenvalue weighted by Crippen LogP contribution is -2.57. The van der Waals surface area contributed by atoms with Crippen molar-refractivity contribution < 1.29 is 33.1 Å². The number of benzene rings is 1. The topological polar surface area (TPSA) is 134 Å². The molecule has 212 valence electrons. The van der Waals surface area contributed by atoms with Crippen molar-refractivity contribution in [3.63, 3.8) is 0 Å². The molecule has 0 aliphatic carbocycles. The molecule has 1 aromatic rings. The number of nitrogens with zero attached hydrogens (tertiary/aromatic N) is 1. The quantitative estimate of drug-likeness (QED) is 0.315. The Kier molecular flexibility index (Phi) is 14.0. The Morgan fingerprint density at radius 2 is 1.50 bits per heavy atom. The van der Waals surface area contributed by atoms with Crippen LogP contribution in [0.2, 0.25) is 0 Å². The zero-order valence-electron chi connectivity index (χ0n) is 23.1. The molecule has 0 radical (unpaired) electrons. The minimum absolute atomic E-state index is 0.0157. The van der Waals surface area contributed by atoms with Crippen LogP contribution in [0.1, 0.15) is 52.5 Å². The van der Waals surface area contributed by atoms with Crippen molar-refractivity contribution in [2.24, 2.45) is 11.8 Å². The van der Waals surface area contributed by atoms with Gasteiger partial charge in [0, 0.05) is 20.5 Å². The zero-order chi connectivity index (χ0) is 28.8. The smallest absolute Gasteiger partial charge is 0.408 e. The van der Waals surface area contributed by atoms with Crippen molar-refractivity contribution in [2.45, 2.75) is 71.7 Å². The number of Topliss-reactive ketones (excluding diaryl/α,β-unsaturated/α-hetero) is 1. The lowest BCUT2D eigenvalue weighted by molar-refractivity contribution is -0.133. The van der Waals surface area contributed by atoms with Gasteiger partial charge < -0.3 is 25.6 Å². The number of carbonyl (C=O) groups excluding carboxylic acids is 5. The van der Waals surface area contributed by atoms with Crippen LogP contribution in [-0.2, 0) is 30.5 Å². The number of ketones is 1.